The summed E-state index contributed by atoms with van der Waals surface area (Å²) in [6.07, 6.45) is 4.69. The summed E-state index contributed by atoms with van der Waals surface area (Å²) in [4.78, 5) is 55.1. The number of carbonyl (C=O) groups is 4. The largest absolute Gasteiger partial charge is 0.412 e. The Bertz CT molecular complexity index is 2330. The third-order valence-electron chi connectivity index (χ3n) is 10.2. The first-order valence-corrected chi connectivity index (χ1v) is 19.8. The van der Waals surface area contributed by atoms with E-state index in [4.69, 9.17) is 20.3 Å². The predicted octanol–water partition coefficient (Wildman–Crippen LogP) is 3.18. The number of rotatable bonds is 9. The number of aliphatic hydroxyl groups excluding tert-OH is 1. The summed E-state index contributed by atoms with van der Waals surface area (Å²) >= 11 is 0. The number of morpholine rings is 2. The molecule has 0 spiro atoms. The van der Waals surface area contributed by atoms with Gasteiger partial charge in [0.2, 0.25) is 0 Å². The van der Waals surface area contributed by atoms with Crippen molar-refractivity contribution in [3.63, 3.8) is 0 Å². The zero-order valence-corrected chi connectivity index (χ0v) is 34.6. The van der Waals surface area contributed by atoms with Crippen LogP contribution in [0.5, 0.6) is 0 Å². The molecule has 0 unspecified atom stereocenters. The average Bonchev–Trinajstić information content (AvgIpc) is 3.99. The highest BCUT2D eigenvalue weighted by Gasteiger charge is 2.35. The second-order valence-corrected chi connectivity index (χ2v) is 14.0. The summed E-state index contributed by atoms with van der Waals surface area (Å²) in [5.41, 5.74) is 10.0. The Kier molecular flexibility index (Phi) is 18.6. The molecule has 62 heavy (non-hydrogen) atoms. The highest BCUT2D eigenvalue weighted by Crippen LogP contribution is 2.26. The van der Waals surface area contributed by atoms with Crippen molar-refractivity contribution in [1.29, 1.82) is 0 Å². The van der Waals surface area contributed by atoms with Gasteiger partial charge in [0.05, 0.1) is 56.8 Å². The lowest BCUT2D eigenvalue weighted by Gasteiger charge is -2.26. The van der Waals surface area contributed by atoms with E-state index in [0.29, 0.717) is 99.6 Å². The van der Waals surface area contributed by atoms with Crippen molar-refractivity contribution in [3.8, 4) is 0 Å². The Labute approximate surface area is 357 Å². The van der Waals surface area contributed by atoms with Gasteiger partial charge in [-0.1, -0.05) is 12.1 Å². The number of aliphatic hydroxyl groups is 1. The minimum absolute atomic E-state index is 0. The quantitative estimate of drug-likeness (QED) is 0.0960. The van der Waals surface area contributed by atoms with Gasteiger partial charge in [-0.15, -0.1) is 0 Å². The van der Waals surface area contributed by atoms with Crippen LogP contribution in [0.3, 0.4) is 0 Å². The van der Waals surface area contributed by atoms with E-state index < -0.39 is 11.8 Å². The van der Waals surface area contributed by atoms with Gasteiger partial charge in [0.1, 0.15) is 0 Å². The van der Waals surface area contributed by atoms with Crippen molar-refractivity contribution in [2.75, 3.05) is 72.3 Å². The van der Waals surface area contributed by atoms with Crippen LogP contribution in [-0.4, -0.2) is 130 Å². The molecule has 5 aromatic rings. The zero-order valence-electron chi connectivity index (χ0n) is 34.6. The SMILES string of the molecule is CCO.NC/C(=C\F)Cn1ccc2cc(C(=O)N3CCOCC3)ccc21.NN.O.O=C(c1ccc2c(ccn2C/C(=C/F)CN2C(=O)c3ccccc3C2=O)c1)N1CCOCC1. The standard InChI is InChI=1S/C25H22FN3O4.C17H20FN3O2.C2H6O.H4N2.H2O/c26-14-17(16-29-24(31)20-3-1-2-4-21(20)25(29)32)15-28-8-7-18-13-19(5-6-22(18)28)23(30)27-9-11-33-12-10-27;18-10-13(11-19)12-21-4-3-14-9-15(1-2-16(14)21)17(22)20-5-7-23-8-6-20;1-2-3;1-2;/h1-8,13-14H,9-12,15-16H2;1-4,9-10H,5-8,11-12,19H2;3H,2H2,1H3;1-2H2;1H2/b17-14-;13-10+;;;. The Morgan fingerprint density at radius 3 is 1.47 bits per heavy atom. The molecular weight excluding hydrogens is 807 g/mol. The van der Waals surface area contributed by atoms with E-state index in [1.165, 1.54) is 0 Å². The summed E-state index contributed by atoms with van der Waals surface area (Å²) in [6, 6.07) is 21.4. The van der Waals surface area contributed by atoms with Gasteiger partial charge in [0, 0.05) is 97.7 Å². The average molecular weight is 861 g/mol. The highest BCUT2D eigenvalue weighted by molar-refractivity contribution is 6.21. The maximum atomic E-state index is 13.8. The summed E-state index contributed by atoms with van der Waals surface area (Å²) in [7, 11) is 0. The monoisotopic (exact) mass is 860 g/mol. The fourth-order valence-corrected chi connectivity index (χ4v) is 7.13. The second kappa shape index (κ2) is 23.8. The van der Waals surface area contributed by atoms with Crippen molar-refractivity contribution in [2.24, 2.45) is 17.4 Å². The molecule has 2 fully saturated rings. The highest BCUT2D eigenvalue weighted by atomic mass is 19.1. The lowest BCUT2D eigenvalue weighted by atomic mass is 10.1. The van der Waals surface area contributed by atoms with E-state index in [-0.39, 0.29) is 49.1 Å². The molecule has 3 aromatic carbocycles. The number of nitrogens with two attached hydrogens (primary N) is 3. The Hall–Kier alpha value is -6.12. The van der Waals surface area contributed by atoms with Crippen LogP contribution in [0.25, 0.3) is 21.8 Å². The first-order chi connectivity index (χ1) is 29.7. The number of halogens is 2. The van der Waals surface area contributed by atoms with Gasteiger partial charge >= 0.3 is 0 Å². The van der Waals surface area contributed by atoms with Gasteiger partial charge in [-0.3, -0.25) is 35.8 Å². The summed E-state index contributed by atoms with van der Waals surface area (Å²) in [5.74, 6) is 7.15. The van der Waals surface area contributed by atoms with E-state index >= 15 is 0 Å². The first kappa shape index (κ1) is 48.5. The van der Waals surface area contributed by atoms with Crippen molar-refractivity contribution < 1.29 is 48.0 Å². The molecule has 18 heteroatoms. The molecule has 0 atom stereocenters. The van der Waals surface area contributed by atoms with Crippen LogP contribution >= 0.6 is 0 Å². The van der Waals surface area contributed by atoms with Crippen molar-refractivity contribution in [2.45, 2.75) is 20.0 Å². The second-order valence-electron chi connectivity index (χ2n) is 14.0. The zero-order chi connectivity index (χ0) is 43.9. The van der Waals surface area contributed by atoms with E-state index in [1.54, 1.807) is 53.3 Å². The molecule has 4 amide bonds. The van der Waals surface area contributed by atoms with Crippen LogP contribution in [0.1, 0.15) is 48.4 Å². The van der Waals surface area contributed by atoms with Crippen molar-refractivity contribution in [3.05, 3.63) is 131 Å². The number of hydrogen-bond acceptors (Lipinski definition) is 10. The number of hydrogen-bond donors (Lipinski definition) is 4. The van der Waals surface area contributed by atoms with Crippen LogP contribution in [0.4, 0.5) is 8.78 Å². The normalized spacial score (nSPS) is 15.2. The molecule has 0 aliphatic carbocycles. The molecular formula is C44H54F2N8O8. The summed E-state index contributed by atoms with van der Waals surface area (Å²) in [5, 5.41) is 9.38. The van der Waals surface area contributed by atoms with Crippen LogP contribution in [-0.2, 0) is 22.6 Å². The fraction of sp³-hybridized carbons (Fsp3) is 0.318. The number of imide groups is 1. The molecule has 0 saturated carbocycles. The molecule has 3 aliphatic rings. The van der Waals surface area contributed by atoms with Gasteiger partial charge < -0.3 is 44.7 Å². The third-order valence-corrected chi connectivity index (χ3v) is 10.2. The lowest BCUT2D eigenvalue weighted by Crippen LogP contribution is -2.40. The molecule has 0 radical (unpaired) electrons. The van der Waals surface area contributed by atoms with E-state index in [9.17, 15) is 28.0 Å². The van der Waals surface area contributed by atoms with Crippen molar-refractivity contribution >= 4 is 45.4 Å². The molecule has 332 valence electrons. The molecule has 2 saturated heterocycles. The number of amides is 4. The number of carbonyl (C=O) groups excluding carboxylic acids is 4. The van der Waals surface area contributed by atoms with Gasteiger partial charge in [-0.25, -0.2) is 8.78 Å². The third kappa shape index (κ3) is 11.4. The molecule has 2 aromatic heterocycles. The number of aromatic nitrogens is 2. The van der Waals surface area contributed by atoms with Crippen LogP contribution < -0.4 is 17.4 Å². The number of benzene rings is 3. The van der Waals surface area contributed by atoms with Crippen molar-refractivity contribution in [1.82, 2.24) is 23.8 Å². The van der Waals surface area contributed by atoms with Gasteiger partial charge in [-0.05, 0) is 78.7 Å². The van der Waals surface area contributed by atoms with Crippen LogP contribution in [0.15, 0.2) is 109 Å². The molecule has 3 aliphatic heterocycles. The van der Waals surface area contributed by atoms with E-state index in [1.807, 2.05) is 57.8 Å². The topological polar surface area (TPSA) is 236 Å². The Morgan fingerprint density at radius 2 is 1.08 bits per heavy atom. The number of hydrazine groups is 1. The minimum Gasteiger partial charge on any atom is -0.412 e. The molecule has 9 N–H and O–H groups in total. The molecule has 0 bridgehead atoms. The van der Waals surface area contributed by atoms with E-state index in [2.05, 4.69) is 11.7 Å². The summed E-state index contributed by atoms with van der Waals surface area (Å²) < 4.78 is 40.8. The number of nitrogens with zero attached hydrogens (tertiary/aromatic N) is 5. The van der Waals surface area contributed by atoms with Gasteiger partial charge in [-0.2, -0.15) is 0 Å². The lowest BCUT2D eigenvalue weighted by molar-refractivity contribution is 0.0301. The van der Waals surface area contributed by atoms with E-state index in [0.717, 1.165) is 26.7 Å². The molecule has 5 heterocycles. The van der Waals surface area contributed by atoms with Crippen LogP contribution in [0, 0.1) is 0 Å². The van der Waals surface area contributed by atoms with Gasteiger partial charge in [0.25, 0.3) is 23.6 Å². The molecule has 16 nitrogen and oxygen atoms in total. The fourth-order valence-electron chi connectivity index (χ4n) is 7.13. The Morgan fingerprint density at radius 1 is 0.677 bits per heavy atom. The summed E-state index contributed by atoms with van der Waals surface area (Å²) in [6.45, 7) is 7.20. The number of ether oxygens (including phenoxy) is 2. The van der Waals surface area contributed by atoms with Gasteiger partial charge in [0.15, 0.2) is 0 Å². The maximum Gasteiger partial charge on any atom is 0.261 e. The molecule has 8 rings (SSSR count). The smallest absolute Gasteiger partial charge is 0.261 e. The first-order valence-electron chi connectivity index (χ1n) is 19.8. The maximum absolute atomic E-state index is 13.8. The Balaban J connectivity index is 0.000000256. The number of fused-ring (bicyclic) bond motifs is 3. The van der Waals surface area contributed by atoms with Crippen LogP contribution in [0.2, 0.25) is 0 Å². The minimum atomic E-state index is -0.418. The predicted molar refractivity (Wildman–Crippen MR) is 231 cm³/mol.